The van der Waals surface area contributed by atoms with Crippen molar-refractivity contribution in [2.45, 2.75) is 45.4 Å². The number of rotatable bonds is 7. The third kappa shape index (κ3) is 4.14. The Morgan fingerprint density at radius 3 is 2.57 bits per heavy atom. The van der Waals surface area contributed by atoms with Gasteiger partial charge in [-0.05, 0) is 26.2 Å². The average molecular weight is 197 g/mol. The highest BCUT2D eigenvalue weighted by molar-refractivity contribution is 5.03. The number of aliphatic hydroxyl groups is 1. The largest absolute Gasteiger partial charge is 0.396 e. The number of nitrogens with zero attached hydrogens (tertiary/aromatic N) is 1. The fraction of sp³-hybridized carbons (Fsp3) is 0.833. The Bertz CT molecular complexity index is 177. The van der Waals surface area contributed by atoms with Crippen LogP contribution in [0.4, 0.5) is 0 Å². The van der Waals surface area contributed by atoms with Crippen molar-refractivity contribution in [3.63, 3.8) is 0 Å². The quantitative estimate of drug-likeness (QED) is 0.634. The molecule has 2 nitrogen and oxygen atoms in total. The smallest absolute Gasteiger partial charge is 0.0431 e. The van der Waals surface area contributed by atoms with E-state index in [9.17, 15) is 0 Å². The fourth-order valence-corrected chi connectivity index (χ4v) is 1.97. The number of hydrogen-bond acceptors (Lipinski definition) is 2. The molecule has 0 radical (unpaired) electrons. The second kappa shape index (κ2) is 6.88. The number of hydrogen-bond donors (Lipinski definition) is 1. The van der Waals surface area contributed by atoms with Crippen molar-refractivity contribution < 1.29 is 5.11 Å². The van der Waals surface area contributed by atoms with Gasteiger partial charge in [-0.1, -0.05) is 25.3 Å². The molecule has 2 heteroatoms. The van der Waals surface area contributed by atoms with E-state index in [1.807, 2.05) is 0 Å². The van der Waals surface area contributed by atoms with Gasteiger partial charge < -0.3 is 10.0 Å². The standard InChI is InChI=1S/C12H23NO/c1-12-8-7-10-13(12)9-5-3-2-4-6-11-14/h8,14H,2-7,9-11H2,1H3. The van der Waals surface area contributed by atoms with E-state index in [1.165, 1.54) is 50.9 Å². The van der Waals surface area contributed by atoms with Crippen molar-refractivity contribution in [3.05, 3.63) is 11.8 Å². The summed E-state index contributed by atoms with van der Waals surface area (Å²) in [6.45, 7) is 5.01. The van der Waals surface area contributed by atoms with Gasteiger partial charge in [-0.15, -0.1) is 0 Å². The Hall–Kier alpha value is -0.500. The van der Waals surface area contributed by atoms with Gasteiger partial charge in [0.25, 0.3) is 0 Å². The van der Waals surface area contributed by atoms with Crippen LogP contribution < -0.4 is 0 Å². The molecule has 0 fully saturated rings. The van der Waals surface area contributed by atoms with Crippen LogP contribution >= 0.6 is 0 Å². The van der Waals surface area contributed by atoms with Crippen molar-refractivity contribution in [1.82, 2.24) is 4.90 Å². The summed E-state index contributed by atoms with van der Waals surface area (Å²) in [6.07, 6.45) is 9.60. The molecule has 82 valence electrons. The zero-order valence-electron chi connectivity index (χ0n) is 9.34. The molecule has 0 bridgehead atoms. The first-order valence-corrected chi connectivity index (χ1v) is 5.87. The molecule has 0 amide bonds. The van der Waals surface area contributed by atoms with Crippen LogP contribution in [0.1, 0.15) is 45.4 Å². The lowest BCUT2D eigenvalue weighted by Crippen LogP contribution is -2.19. The Balaban J connectivity index is 1.91. The first-order valence-electron chi connectivity index (χ1n) is 5.87. The highest BCUT2D eigenvalue weighted by Crippen LogP contribution is 2.15. The van der Waals surface area contributed by atoms with Crippen molar-refractivity contribution in [2.75, 3.05) is 19.7 Å². The Morgan fingerprint density at radius 2 is 1.93 bits per heavy atom. The molecule has 0 aromatic carbocycles. The summed E-state index contributed by atoms with van der Waals surface area (Å²) >= 11 is 0. The topological polar surface area (TPSA) is 23.5 Å². The first-order chi connectivity index (χ1) is 6.84. The molecular weight excluding hydrogens is 174 g/mol. The van der Waals surface area contributed by atoms with Gasteiger partial charge in [0.1, 0.15) is 0 Å². The van der Waals surface area contributed by atoms with E-state index in [0.717, 1.165) is 6.42 Å². The normalized spacial score (nSPS) is 16.1. The van der Waals surface area contributed by atoms with Crippen molar-refractivity contribution in [1.29, 1.82) is 0 Å². The number of unbranched alkanes of at least 4 members (excludes halogenated alkanes) is 4. The first kappa shape index (κ1) is 11.6. The van der Waals surface area contributed by atoms with Crippen molar-refractivity contribution in [2.24, 2.45) is 0 Å². The van der Waals surface area contributed by atoms with Crippen LogP contribution in [0.2, 0.25) is 0 Å². The van der Waals surface area contributed by atoms with E-state index < -0.39 is 0 Å². The van der Waals surface area contributed by atoms with Crippen LogP contribution in [0, 0.1) is 0 Å². The van der Waals surface area contributed by atoms with E-state index in [1.54, 1.807) is 0 Å². The third-order valence-corrected chi connectivity index (χ3v) is 2.92. The zero-order chi connectivity index (χ0) is 10.2. The number of allylic oxidation sites excluding steroid dienone is 1. The lowest BCUT2D eigenvalue weighted by molar-refractivity contribution is 0.281. The molecule has 0 aromatic rings. The van der Waals surface area contributed by atoms with Crippen LogP contribution in [-0.4, -0.2) is 29.7 Å². The van der Waals surface area contributed by atoms with Gasteiger partial charge in [-0.25, -0.2) is 0 Å². The van der Waals surface area contributed by atoms with E-state index in [0.29, 0.717) is 6.61 Å². The average Bonchev–Trinajstić information content (AvgIpc) is 2.58. The minimum Gasteiger partial charge on any atom is -0.396 e. The van der Waals surface area contributed by atoms with E-state index >= 15 is 0 Å². The molecule has 14 heavy (non-hydrogen) atoms. The Morgan fingerprint density at radius 1 is 1.21 bits per heavy atom. The maximum atomic E-state index is 8.61. The Labute approximate surface area is 87.6 Å². The molecule has 0 saturated heterocycles. The highest BCUT2D eigenvalue weighted by atomic mass is 16.2. The predicted octanol–water partition coefficient (Wildman–Crippen LogP) is 2.54. The van der Waals surface area contributed by atoms with Crippen LogP contribution in [0.25, 0.3) is 0 Å². The SMILES string of the molecule is CC1=CCCN1CCCCCCCO. The molecule has 1 N–H and O–H groups in total. The third-order valence-electron chi connectivity index (χ3n) is 2.92. The second-order valence-corrected chi connectivity index (χ2v) is 4.11. The summed E-state index contributed by atoms with van der Waals surface area (Å²) in [5, 5.41) is 8.61. The predicted molar refractivity (Wildman–Crippen MR) is 60.1 cm³/mol. The van der Waals surface area contributed by atoms with Gasteiger partial charge in [0.15, 0.2) is 0 Å². The van der Waals surface area contributed by atoms with Gasteiger partial charge in [0.05, 0.1) is 0 Å². The molecular formula is C12H23NO. The van der Waals surface area contributed by atoms with Gasteiger partial charge in [-0.3, -0.25) is 0 Å². The van der Waals surface area contributed by atoms with Crippen LogP contribution in [0.15, 0.2) is 11.8 Å². The minimum atomic E-state index is 0.355. The van der Waals surface area contributed by atoms with Crippen molar-refractivity contribution in [3.8, 4) is 0 Å². The van der Waals surface area contributed by atoms with E-state index in [-0.39, 0.29) is 0 Å². The molecule has 0 aliphatic carbocycles. The van der Waals surface area contributed by atoms with E-state index in [4.69, 9.17) is 5.11 Å². The molecule has 0 atom stereocenters. The lowest BCUT2D eigenvalue weighted by Gasteiger charge is -2.19. The Kier molecular flexibility index (Phi) is 5.69. The summed E-state index contributed by atoms with van der Waals surface area (Å²) in [5.41, 5.74) is 1.46. The monoisotopic (exact) mass is 197 g/mol. The summed E-state index contributed by atoms with van der Waals surface area (Å²) in [4.78, 5) is 2.48. The maximum Gasteiger partial charge on any atom is 0.0431 e. The molecule has 0 saturated carbocycles. The minimum absolute atomic E-state index is 0.355. The summed E-state index contributed by atoms with van der Waals surface area (Å²) < 4.78 is 0. The molecule has 0 unspecified atom stereocenters. The maximum absolute atomic E-state index is 8.61. The summed E-state index contributed by atoms with van der Waals surface area (Å²) in [7, 11) is 0. The highest BCUT2D eigenvalue weighted by Gasteiger charge is 2.09. The molecule has 1 aliphatic heterocycles. The zero-order valence-corrected chi connectivity index (χ0v) is 9.34. The molecule has 1 heterocycles. The molecule has 0 spiro atoms. The van der Waals surface area contributed by atoms with Gasteiger partial charge in [0, 0.05) is 25.4 Å². The molecule has 1 aliphatic rings. The van der Waals surface area contributed by atoms with E-state index in [2.05, 4.69) is 17.9 Å². The molecule has 1 rings (SSSR count). The van der Waals surface area contributed by atoms with Crippen LogP contribution in [-0.2, 0) is 0 Å². The molecule has 0 aromatic heterocycles. The van der Waals surface area contributed by atoms with Gasteiger partial charge in [-0.2, -0.15) is 0 Å². The second-order valence-electron chi connectivity index (χ2n) is 4.11. The van der Waals surface area contributed by atoms with Gasteiger partial charge in [0.2, 0.25) is 0 Å². The van der Waals surface area contributed by atoms with Crippen molar-refractivity contribution >= 4 is 0 Å². The lowest BCUT2D eigenvalue weighted by atomic mass is 10.1. The van der Waals surface area contributed by atoms with Crippen LogP contribution in [0.5, 0.6) is 0 Å². The summed E-state index contributed by atoms with van der Waals surface area (Å²) in [5.74, 6) is 0. The number of aliphatic hydroxyl groups excluding tert-OH is 1. The van der Waals surface area contributed by atoms with Gasteiger partial charge >= 0.3 is 0 Å². The van der Waals surface area contributed by atoms with Crippen LogP contribution in [0.3, 0.4) is 0 Å². The fourth-order valence-electron chi connectivity index (χ4n) is 1.97. The summed E-state index contributed by atoms with van der Waals surface area (Å²) in [6, 6.07) is 0.